The number of benzene rings is 1. The number of nitrogens with zero attached hydrogens (tertiary/aromatic N) is 1. The Labute approximate surface area is 123 Å². The number of ether oxygens (including phenoxy) is 3. The van der Waals surface area contributed by atoms with E-state index in [0.29, 0.717) is 37.6 Å². The highest BCUT2D eigenvalue weighted by Crippen LogP contribution is 2.10. The molecule has 0 radical (unpaired) electrons. The highest BCUT2D eigenvalue weighted by atomic mass is 19.1. The highest BCUT2D eigenvalue weighted by Gasteiger charge is 2.05. The Bertz CT molecular complexity index is 455. The van der Waals surface area contributed by atoms with Crippen LogP contribution in [0.3, 0.4) is 0 Å². The minimum absolute atomic E-state index is 0.137. The molecule has 0 saturated carbocycles. The van der Waals surface area contributed by atoms with E-state index < -0.39 is 5.82 Å². The standard InChI is InChI=1S/C14H21FN2O4/c1-19-5-6-20-3-2-4-21-10-11-7-12(14(16)17-18)9-13(15)8-11/h7-9,18H,2-6,10H2,1H3,(H2,16,17). The van der Waals surface area contributed by atoms with E-state index in [-0.39, 0.29) is 12.4 Å². The molecule has 1 aromatic carbocycles. The Morgan fingerprint density at radius 2 is 1.95 bits per heavy atom. The zero-order valence-corrected chi connectivity index (χ0v) is 12.0. The first kappa shape index (κ1) is 17.4. The van der Waals surface area contributed by atoms with Gasteiger partial charge in [-0.1, -0.05) is 5.16 Å². The van der Waals surface area contributed by atoms with E-state index in [2.05, 4.69) is 5.16 Å². The lowest BCUT2D eigenvalue weighted by atomic mass is 10.1. The molecule has 0 saturated heterocycles. The van der Waals surface area contributed by atoms with E-state index in [4.69, 9.17) is 25.2 Å². The largest absolute Gasteiger partial charge is 0.409 e. The van der Waals surface area contributed by atoms with E-state index in [9.17, 15) is 4.39 Å². The van der Waals surface area contributed by atoms with Crippen molar-refractivity contribution in [2.75, 3.05) is 33.5 Å². The second kappa shape index (κ2) is 10.1. The van der Waals surface area contributed by atoms with Crippen LogP contribution in [0.15, 0.2) is 23.4 Å². The second-order valence-corrected chi connectivity index (χ2v) is 4.34. The molecule has 0 spiro atoms. The molecule has 0 aromatic heterocycles. The summed E-state index contributed by atoms with van der Waals surface area (Å²) in [5, 5.41) is 11.4. The van der Waals surface area contributed by atoms with Gasteiger partial charge in [0.15, 0.2) is 5.84 Å². The van der Waals surface area contributed by atoms with Crippen molar-refractivity contribution in [1.29, 1.82) is 0 Å². The predicted octanol–water partition coefficient (Wildman–Crippen LogP) is 1.49. The first-order chi connectivity index (χ1) is 10.2. The molecular weight excluding hydrogens is 279 g/mol. The molecule has 0 aliphatic carbocycles. The lowest BCUT2D eigenvalue weighted by Gasteiger charge is -2.07. The lowest BCUT2D eigenvalue weighted by molar-refractivity contribution is 0.0483. The monoisotopic (exact) mass is 300 g/mol. The normalized spacial score (nSPS) is 11.8. The second-order valence-electron chi connectivity index (χ2n) is 4.34. The maximum atomic E-state index is 13.4. The molecule has 0 atom stereocenters. The van der Waals surface area contributed by atoms with Crippen LogP contribution in [0.5, 0.6) is 0 Å². The molecular formula is C14H21FN2O4. The van der Waals surface area contributed by atoms with Crippen LogP contribution < -0.4 is 5.73 Å². The van der Waals surface area contributed by atoms with Gasteiger partial charge in [0.05, 0.1) is 19.8 Å². The van der Waals surface area contributed by atoms with Gasteiger partial charge in [0.1, 0.15) is 5.82 Å². The molecule has 0 fully saturated rings. The number of rotatable bonds is 10. The fourth-order valence-electron chi connectivity index (χ4n) is 1.64. The summed E-state index contributed by atoms with van der Waals surface area (Å²) in [5.74, 6) is -0.595. The van der Waals surface area contributed by atoms with Crippen molar-refractivity contribution < 1.29 is 23.8 Å². The molecule has 0 heterocycles. The van der Waals surface area contributed by atoms with Crippen molar-refractivity contribution in [2.24, 2.45) is 10.9 Å². The van der Waals surface area contributed by atoms with Gasteiger partial charge in [-0.05, 0) is 30.2 Å². The van der Waals surface area contributed by atoms with Gasteiger partial charge in [0.25, 0.3) is 0 Å². The number of hydrogen-bond donors (Lipinski definition) is 2. The number of halogens is 1. The molecule has 1 aromatic rings. The molecule has 0 bridgehead atoms. The molecule has 7 heteroatoms. The quantitative estimate of drug-likeness (QED) is 0.225. The highest BCUT2D eigenvalue weighted by molar-refractivity contribution is 5.97. The molecule has 0 aliphatic heterocycles. The SMILES string of the molecule is COCCOCCCOCc1cc(F)cc(/C(N)=N/O)c1. The number of methoxy groups -OCH3 is 1. The summed E-state index contributed by atoms with van der Waals surface area (Å²) < 4.78 is 29.0. The van der Waals surface area contributed by atoms with E-state index in [1.807, 2.05) is 0 Å². The molecule has 0 unspecified atom stereocenters. The van der Waals surface area contributed by atoms with Gasteiger partial charge in [-0.25, -0.2) is 4.39 Å². The van der Waals surface area contributed by atoms with Gasteiger partial charge in [-0.2, -0.15) is 0 Å². The van der Waals surface area contributed by atoms with Crippen LogP contribution in [0.2, 0.25) is 0 Å². The Balaban J connectivity index is 2.30. The maximum Gasteiger partial charge on any atom is 0.170 e. The number of nitrogens with two attached hydrogens (primary N) is 1. The fraction of sp³-hybridized carbons (Fsp3) is 0.500. The summed E-state index contributed by atoms with van der Waals surface area (Å²) in [4.78, 5) is 0. The Morgan fingerprint density at radius 1 is 1.19 bits per heavy atom. The van der Waals surface area contributed by atoms with E-state index in [1.165, 1.54) is 12.1 Å². The van der Waals surface area contributed by atoms with Crippen LogP contribution in [0.1, 0.15) is 17.5 Å². The van der Waals surface area contributed by atoms with Gasteiger partial charge in [0.2, 0.25) is 0 Å². The van der Waals surface area contributed by atoms with Crippen molar-refractivity contribution in [2.45, 2.75) is 13.0 Å². The Kier molecular flexibility index (Phi) is 8.34. The van der Waals surface area contributed by atoms with Gasteiger partial charge >= 0.3 is 0 Å². The summed E-state index contributed by atoms with van der Waals surface area (Å²) in [7, 11) is 1.62. The Hall–Kier alpha value is -1.70. The topological polar surface area (TPSA) is 86.3 Å². The minimum Gasteiger partial charge on any atom is -0.409 e. The van der Waals surface area contributed by atoms with Crippen LogP contribution >= 0.6 is 0 Å². The molecule has 118 valence electrons. The lowest BCUT2D eigenvalue weighted by Crippen LogP contribution is -2.14. The van der Waals surface area contributed by atoms with E-state index in [1.54, 1.807) is 13.2 Å². The molecule has 0 amide bonds. The smallest absolute Gasteiger partial charge is 0.170 e. The summed E-state index contributed by atoms with van der Waals surface area (Å²) >= 11 is 0. The van der Waals surface area contributed by atoms with E-state index >= 15 is 0 Å². The first-order valence-electron chi connectivity index (χ1n) is 6.59. The average molecular weight is 300 g/mol. The maximum absolute atomic E-state index is 13.4. The summed E-state index contributed by atoms with van der Waals surface area (Å²) in [6.45, 7) is 2.47. The fourth-order valence-corrected chi connectivity index (χ4v) is 1.64. The predicted molar refractivity (Wildman–Crippen MR) is 75.9 cm³/mol. The Morgan fingerprint density at radius 3 is 2.67 bits per heavy atom. The number of amidine groups is 1. The van der Waals surface area contributed by atoms with Crippen LogP contribution in [0.4, 0.5) is 4.39 Å². The van der Waals surface area contributed by atoms with Gasteiger partial charge in [0, 0.05) is 25.9 Å². The first-order valence-corrected chi connectivity index (χ1v) is 6.59. The van der Waals surface area contributed by atoms with E-state index in [0.717, 1.165) is 6.42 Å². The van der Waals surface area contributed by atoms with Crippen LogP contribution in [0.25, 0.3) is 0 Å². The summed E-state index contributed by atoms with van der Waals surface area (Å²) in [5.41, 5.74) is 6.37. The average Bonchev–Trinajstić information content (AvgIpc) is 2.48. The third-order valence-electron chi connectivity index (χ3n) is 2.64. The summed E-state index contributed by atoms with van der Waals surface area (Å²) in [6, 6.07) is 4.17. The van der Waals surface area contributed by atoms with Crippen molar-refractivity contribution in [1.82, 2.24) is 0 Å². The molecule has 0 aliphatic rings. The molecule has 6 nitrogen and oxygen atoms in total. The van der Waals surface area contributed by atoms with Gasteiger partial charge < -0.3 is 25.2 Å². The molecule has 1 rings (SSSR count). The zero-order valence-electron chi connectivity index (χ0n) is 12.0. The number of oxime groups is 1. The minimum atomic E-state index is -0.458. The third kappa shape index (κ3) is 7.03. The summed E-state index contributed by atoms with van der Waals surface area (Å²) in [6.07, 6.45) is 0.742. The zero-order chi connectivity index (χ0) is 15.5. The van der Waals surface area contributed by atoms with Crippen molar-refractivity contribution >= 4 is 5.84 Å². The van der Waals surface area contributed by atoms with Crippen LogP contribution in [-0.4, -0.2) is 44.6 Å². The molecule has 3 N–H and O–H groups in total. The van der Waals surface area contributed by atoms with Gasteiger partial charge in [-0.15, -0.1) is 0 Å². The van der Waals surface area contributed by atoms with Crippen molar-refractivity contribution in [3.05, 3.63) is 35.1 Å². The van der Waals surface area contributed by atoms with Crippen LogP contribution in [-0.2, 0) is 20.8 Å². The van der Waals surface area contributed by atoms with Crippen LogP contribution in [0, 0.1) is 5.82 Å². The number of hydrogen-bond acceptors (Lipinski definition) is 5. The third-order valence-corrected chi connectivity index (χ3v) is 2.64. The van der Waals surface area contributed by atoms with Crippen molar-refractivity contribution in [3.63, 3.8) is 0 Å². The molecule has 21 heavy (non-hydrogen) atoms. The van der Waals surface area contributed by atoms with Crippen molar-refractivity contribution in [3.8, 4) is 0 Å². The van der Waals surface area contributed by atoms with Gasteiger partial charge in [-0.3, -0.25) is 0 Å².